The van der Waals surface area contributed by atoms with Gasteiger partial charge in [-0.05, 0) is 38.8 Å². The lowest BCUT2D eigenvalue weighted by Gasteiger charge is -2.36. The van der Waals surface area contributed by atoms with E-state index in [1.54, 1.807) is 10.9 Å². The fourth-order valence-electron chi connectivity index (χ4n) is 4.25. The normalized spacial score (nSPS) is 18.9. The monoisotopic (exact) mass is 492 g/mol. The molecule has 0 aromatic carbocycles. The van der Waals surface area contributed by atoms with Crippen LogP contribution >= 0.6 is 0 Å². The van der Waals surface area contributed by atoms with Crippen LogP contribution in [0.15, 0.2) is 18.3 Å². The van der Waals surface area contributed by atoms with Gasteiger partial charge in [-0.15, -0.1) is 0 Å². The van der Waals surface area contributed by atoms with E-state index in [-0.39, 0.29) is 25.2 Å². The molecule has 3 aromatic heterocycles. The molecule has 0 bridgehead atoms. The Kier molecular flexibility index (Phi) is 7.41. The van der Waals surface area contributed by atoms with Crippen molar-refractivity contribution in [2.45, 2.75) is 58.9 Å². The van der Waals surface area contributed by atoms with E-state index in [0.29, 0.717) is 35.0 Å². The standard InChI is InChI=1S/C23H31F3N8O/c1-5-17-19-20(34(32-17)8-9-35-13-23(24,25)26)21(29-18-7-6-14(2)10-27-18)31-22(30-19)33-11-15(3)28-16(4)12-33/h6-7,10,15-16,28H,5,8-9,11-13H2,1-4H3,(H,27,29,30,31)/t15-,16+. The predicted molar refractivity (Wildman–Crippen MR) is 128 cm³/mol. The Balaban J connectivity index is 1.74. The van der Waals surface area contributed by atoms with E-state index in [1.807, 2.05) is 26.0 Å². The molecule has 2 N–H and O–H groups in total. The predicted octanol–water partition coefficient (Wildman–Crippen LogP) is 3.60. The van der Waals surface area contributed by atoms with Gasteiger partial charge in [-0.2, -0.15) is 23.3 Å². The molecular weight excluding hydrogens is 461 g/mol. The third-order valence-electron chi connectivity index (χ3n) is 5.69. The minimum atomic E-state index is -4.37. The molecule has 2 atom stereocenters. The highest BCUT2D eigenvalue weighted by molar-refractivity contribution is 5.90. The molecule has 0 amide bonds. The highest BCUT2D eigenvalue weighted by Gasteiger charge is 2.28. The number of aromatic nitrogens is 5. The summed E-state index contributed by atoms with van der Waals surface area (Å²) in [5.41, 5.74) is 3.05. The van der Waals surface area contributed by atoms with E-state index in [0.717, 1.165) is 24.3 Å². The summed E-state index contributed by atoms with van der Waals surface area (Å²) in [7, 11) is 0. The summed E-state index contributed by atoms with van der Waals surface area (Å²) in [6.45, 7) is 8.35. The largest absolute Gasteiger partial charge is 0.411 e. The van der Waals surface area contributed by atoms with Crippen LogP contribution in [0.4, 0.5) is 30.8 Å². The van der Waals surface area contributed by atoms with Gasteiger partial charge in [0.2, 0.25) is 5.95 Å². The van der Waals surface area contributed by atoms with Gasteiger partial charge in [-0.3, -0.25) is 4.68 Å². The number of hydrogen-bond donors (Lipinski definition) is 2. The van der Waals surface area contributed by atoms with Crippen molar-refractivity contribution in [2.24, 2.45) is 0 Å². The van der Waals surface area contributed by atoms with Crippen molar-refractivity contribution in [1.29, 1.82) is 0 Å². The molecule has 1 saturated heterocycles. The molecule has 190 valence electrons. The highest BCUT2D eigenvalue weighted by Crippen LogP contribution is 2.29. The second kappa shape index (κ2) is 10.3. The van der Waals surface area contributed by atoms with Crippen molar-refractivity contribution in [3.8, 4) is 0 Å². The molecule has 0 aliphatic carbocycles. The van der Waals surface area contributed by atoms with Gasteiger partial charge in [0.1, 0.15) is 23.5 Å². The van der Waals surface area contributed by atoms with Crippen LogP contribution in [0.5, 0.6) is 0 Å². The second-order valence-electron chi connectivity index (χ2n) is 8.98. The van der Waals surface area contributed by atoms with Crippen molar-refractivity contribution in [3.63, 3.8) is 0 Å². The van der Waals surface area contributed by atoms with Gasteiger partial charge >= 0.3 is 6.18 Å². The third-order valence-corrected chi connectivity index (χ3v) is 5.69. The van der Waals surface area contributed by atoms with Gasteiger partial charge in [0.25, 0.3) is 0 Å². The van der Waals surface area contributed by atoms with Crippen LogP contribution in [-0.2, 0) is 17.7 Å². The van der Waals surface area contributed by atoms with Crippen molar-refractivity contribution < 1.29 is 17.9 Å². The van der Waals surface area contributed by atoms with Crippen molar-refractivity contribution >= 4 is 28.6 Å². The zero-order valence-corrected chi connectivity index (χ0v) is 20.4. The van der Waals surface area contributed by atoms with Gasteiger partial charge in [0, 0.05) is 31.4 Å². The summed E-state index contributed by atoms with van der Waals surface area (Å²) in [5, 5.41) is 11.4. The van der Waals surface area contributed by atoms with Crippen LogP contribution in [0, 0.1) is 6.92 Å². The number of hydrogen-bond acceptors (Lipinski definition) is 8. The van der Waals surface area contributed by atoms with Crippen molar-refractivity contribution in [1.82, 2.24) is 30.0 Å². The molecule has 0 radical (unpaired) electrons. The first-order valence-electron chi connectivity index (χ1n) is 11.8. The van der Waals surface area contributed by atoms with Crippen molar-refractivity contribution in [3.05, 3.63) is 29.6 Å². The molecule has 35 heavy (non-hydrogen) atoms. The van der Waals surface area contributed by atoms with Crippen LogP contribution < -0.4 is 15.5 Å². The average molecular weight is 493 g/mol. The Morgan fingerprint density at radius 1 is 1.17 bits per heavy atom. The Morgan fingerprint density at radius 3 is 2.54 bits per heavy atom. The first-order valence-corrected chi connectivity index (χ1v) is 11.8. The van der Waals surface area contributed by atoms with Crippen LogP contribution in [0.1, 0.15) is 32.0 Å². The average Bonchev–Trinajstić information content (AvgIpc) is 3.15. The maximum atomic E-state index is 12.5. The van der Waals surface area contributed by atoms with Crippen LogP contribution in [0.3, 0.4) is 0 Å². The topological polar surface area (TPSA) is 93.0 Å². The van der Waals surface area contributed by atoms with Crippen LogP contribution in [0.2, 0.25) is 0 Å². The maximum Gasteiger partial charge on any atom is 0.411 e. The van der Waals surface area contributed by atoms with Crippen LogP contribution in [0.25, 0.3) is 11.0 Å². The van der Waals surface area contributed by atoms with E-state index in [4.69, 9.17) is 14.7 Å². The number of ether oxygens (including phenoxy) is 1. The number of aryl methyl sites for hydroxylation is 2. The molecule has 1 fully saturated rings. The van der Waals surface area contributed by atoms with Gasteiger partial charge in [-0.25, -0.2) is 9.97 Å². The summed E-state index contributed by atoms with van der Waals surface area (Å²) in [4.78, 5) is 16.3. The number of nitrogens with one attached hydrogen (secondary N) is 2. The van der Waals surface area contributed by atoms with Crippen molar-refractivity contribution in [2.75, 3.05) is 36.5 Å². The van der Waals surface area contributed by atoms with E-state index < -0.39 is 12.8 Å². The number of alkyl halides is 3. The highest BCUT2D eigenvalue weighted by atomic mass is 19.4. The minimum Gasteiger partial charge on any atom is -0.370 e. The van der Waals surface area contributed by atoms with E-state index in [1.165, 1.54) is 0 Å². The number of anilines is 3. The third kappa shape index (κ3) is 6.17. The minimum absolute atomic E-state index is 0.132. The second-order valence-corrected chi connectivity index (χ2v) is 8.98. The number of nitrogens with zero attached hydrogens (tertiary/aromatic N) is 6. The quantitative estimate of drug-likeness (QED) is 0.461. The molecule has 12 heteroatoms. The SMILES string of the molecule is CCc1nn(CCOCC(F)(F)F)c2c(Nc3ccc(C)cn3)nc(N3C[C@@H](C)N[C@@H](C)C3)nc12. The van der Waals surface area contributed by atoms with E-state index in [9.17, 15) is 13.2 Å². The lowest BCUT2D eigenvalue weighted by molar-refractivity contribution is -0.174. The molecule has 1 aliphatic rings. The first kappa shape index (κ1) is 25.1. The van der Waals surface area contributed by atoms with Gasteiger partial charge in [-0.1, -0.05) is 13.0 Å². The zero-order valence-electron chi connectivity index (χ0n) is 20.4. The summed E-state index contributed by atoms with van der Waals surface area (Å²) >= 11 is 0. The summed E-state index contributed by atoms with van der Waals surface area (Å²) in [6, 6.07) is 4.33. The van der Waals surface area contributed by atoms with Gasteiger partial charge < -0.3 is 20.3 Å². The molecule has 0 saturated carbocycles. The summed E-state index contributed by atoms with van der Waals surface area (Å²) in [5.74, 6) is 1.68. The molecule has 1 aliphatic heterocycles. The number of pyridine rings is 1. The molecule has 3 aromatic rings. The molecule has 4 heterocycles. The fourth-order valence-corrected chi connectivity index (χ4v) is 4.25. The van der Waals surface area contributed by atoms with Gasteiger partial charge in [0.05, 0.1) is 18.8 Å². The Morgan fingerprint density at radius 2 is 1.91 bits per heavy atom. The molecule has 9 nitrogen and oxygen atoms in total. The summed E-state index contributed by atoms with van der Waals surface area (Å²) in [6.07, 6.45) is -2.01. The number of halogens is 3. The molecular formula is C23H31F3N8O. The number of rotatable bonds is 8. The van der Waals surface area contributed by atoms with E-state index in [2.05, 4.69) is 39.5 Å². The number of piperazine rings is 1. The Bertz CT molecular complexity index is 1140. The van der Waals surface area contributed by atoms with E-state index >= 15 is 0 Å². The first-order chi connectivity index (χ1) is 16.6. The lowest BCUT2D eigenvalue weighted by Crippen LogP contribution is -2.54. The lowest BCUT2D eigenvalue weighted by atomic mass is 10.1. The smallest absolute Gasteiger partial charge is 0.370 e. The Labute approximate surface area is 202 Å². The molecule has 0 unspecified atom stereocenters. The van der Waals surface area contributed by atoms with Crippen LogP contribution in [-0.4, -0.2) is 69.3 Å². The maximum absolute atomic E-state index is 12.5. The molecule has 4 rings (SSSR count). The molecule has 0 spiro atoms. The fraction of sp³-hybridized carbons (Fsp3) is 0.565. The van der Waals surface area contributed by atoms with Gasteiger partial charge in [0.15, 0.2) is 5.82 Å². The summed E-state index contributed by atoms with van der Waals surface area (Å²) < 4.78 is 44.0. The zero-order chi connectivity index (χ0) is 25.2. The Hall–Kier alpha value is -2.99. The number of fused-ring (bicyclic) bond motifs is 1.